The molecule has 0 spiro atoms. The summed E-state index contributed by atoms with van der Waals surface area (Å²) in [6.07, 6.45) is 2.54. The molecule has 0 bridgehead atoms. The van der Waals surface area contributed by atoms with Gasteiger partial charge in [0.25, 0.3) is 0 Å². The highest BCUT2D eigenvalue weighted by molar-refractivity contribution is 5.87. The zero-order valence-electron chi connectivity index (χ0n) is 12.6. The van der Waals surface area contributed by atoms with Gasteiger partial charge in [-0.3, -0.25) is 9.69 Å². The van der Waals surface area contributed by atoms with E-state index in [0.29, 0.717) is 18.6 Å². The van der Waals surface area contributed by atoms with Crippen molar-refractivity contribution in [3.63, 3.8) is 0 Å². The predicted octanol–water partition coefficient (Wildman–Crippen LogP) is 1.46. The third-order valence-electron chi connectivity index (χ3n) is 4.22. The second-order valence-corrected chi connectivity index (χ2v) is 6.02. The second-order valence-electron chi connectivity index (χ2n) is 6.02. The highest BCUT2D eigenvalue weighted by atomic mass is 16.2. The summed E-state index contributed by atoms with van der Waals surface area (Å²) in [4.78, 5) is 14.7. The number of hydrogen-bond acceptors (Lipinski definition) is 3. The van der Waals surface area contributed by atoms with E-state index in [0.717, 1.165) is 5.56 Å². The van der Waals surface area contributed by atoms with Crippen LogP contribution in [0.15, 0.2) is 30.3 Å². The molecule has 1 aliphatic rings. The number of carbonyl (C=O) groups is 1. The number of amides is 1. The lowest BCUT2D eigenvalue weighted by Crippen LogP contribution is -2.52. The molecule has 1 saturated carbocycles. The molecule has 1 amide bonds. The summed E-state index contributed by atoms with van der Waals surface area (Å²) in [5.41, 5.74) is 6.04. The van der Waals surface area contributed by atoms with E-state index in [-0.39, 0.29) is 5.91 Å². The Kier molecular flexibility index (Phi) is 4.45. The van der Waals surface area contributed by atoms with Crippen LogP contribution in [-0.4, -0.2) is 36.5 Å². The van der Waals surface area contributed by atoms with Crippen LogP contribution >= 0.6 is 0 Å². The Labute approximate surface area is 121 Å². The van der Waals surface area contributed by atoms with E-state index >= 15 is 0 Å². The van der Waals surface area contributed by atoms with E-state index in [2.05, 4.69) is 24.2 Å². The molecule has 4 nitrogen and oxygen atoms in total. The average molecular weight is 275 g/mol. The monoisotopic (exact) mass is 275 g/mol. The van der Waals surface area contributed by atoms with Gasteiger partial charge in [0.1, 0.15) is 5.54 Å². The molecule has 2 rings (SSSR count). The molecule has 20 heavy (non-hydrogen) atoms. The molecule has 1 aromatic rings. The number of benzene rings is 1. The van der Waals surface area contributed by atoms with Crippen molar-refractivity contribution < 1.29 is 4.79 Å². The molecule has 1 aliphatic carbocycles. The van der Waals surface area contributed by atoms with Crippen LogP contribution in [0.4, 0.5) is 0 Å². The highest BCUT2D eigenvalue weighted by Crippen LogP contribution is 2.26. The first-order valence-electron chi connectivity index (χ1n) is 7.27. The quantitative estimate of drug-likeness (QED) is 0.826. The van der Waals surface area contributed by atoms with E-state index in [1.807, 2.05) is 30.3 Å². The van der Waals surface area contributed by atoms with Gasteiger partial charge in [0, 0.05) is 18.6 Å². The first kappa shape index (κ1) is 15.0. The van der Waals surface area contributed by atoms with Gasteiger partial charge in [-0.25, -0.2) is 0 Å². The van der Waals surface area contributed by atoms with Gasteiger partial charge in [0.2, 0.25) is 5.91 Å². The van der Waals surface area contributed by atoms with E-state index in [1.165, 1.54) is 12.8 Å². The van der Waals surface area contributed by atoms with Crippen molar-refractivity contribution >= 4 is 5.91 Å². The fourth-order valence-electron chi connectivity index (χ4n) is 2.33. The van der Waals surface area contributed by atoms with Crippen LogP contribution in [0.3, 0.4) is 0 Å². The SMILES string of the molecule is CC(CNC(=O)C(C)(N)c1ccccc1)N(C)C1CC1. The Hall–Kier alpha value is -1.39. The zero-order chi connectivity index (χ0) is 14.8. The maximum absolute atomic E-state index is 12.3. The van der Waals surface area contributed by atoms with Crippen molar-refractivity contribution in [1.29, 1.82) is 0 Å². The van der Waals surface area contributed by atoms with Crippen LogP contribution in [0.1, 0.15) is 32.3 Å². The molecular formula is C16H25N3O. The number of likely N-dealkylation sites (N-methyl/N-ethyl adjacent to an activating group) is 1. The Morgan fingerprint density at radius 2 is 2.05 bits per heavy atom. The predicted molar refractivity (Wildman–Crippen MR) is 81.2 cm³/mol. The fourth-order valence-corrected chi connectivity index (χ4v) is 2.33. The lowest BCUT2D eigenvalue weighted by molar-refractivity contribution is -0.126. The van der Waals surface area contributed by atoms with E-state index in [4.69, 9.17) is 5.73 Å². The number of rotatable bonds is 6. The smallest absolute Gasteiger partial charge is 0.244 e. The molecule has 110 valence electrons. The van der Waals surface area contributed by atoms with E-state index < -0.39 is 5.54 Å². The molecule has 1 aromatic carbocycles. The van der Waals surface area contributed by atoms with E-state index in [9.17, 15) is 4.79 Å². The Balaban J connectivity index is 1.90. The molecular weight excluding hydrogens is 250 g/mol. The summed E-state index contributed by atoms with van der Waals surface area (Å²) in [6, 6.07) is 10.5. The van der Waals surface area contributed by atoms with Crippen LogP contribution in [0.2, 0.25) is 0 Å². The first-order valence-corrected chi connectivity index (χ1v) is 7.27. The zero-order valence-corrected chi connectivity index (χ0v) is 12.6. The largest absolute Gasteiger partial charge is 0.353 e. The fraction of sp³-hybridized carbons (Fsp3) is 0.562. The van der Waals surface area contributed by atoms with Gasteiger partial charge < -0.3 is 11.1 Å². The standard InChI is InChI=1S/C16H25N3O/c1-12(19(3)14-9-10-14)11-18-15(20)16(2,17)13-7-5-4-6-8-13/h4-8,12,14H,9-11,17H2,1-3H3,(H,18,20). The summed E-state index contributed by atoms with van der Waals surface area (Å²) in [5, 5.41) is 2.98. The summed E-state index contributed by atoms with van der Waals surface area (Å²) >= 11 is 0. The summed E-state index contributed by atoms with van der Waals surface area (Å²) in [7, 11) is 2.12. The van der Waals surface area contributed by atoms with Crippen molar-refractivity contribution in [2.24, 2.45) is 5.73 Å². The summed E-state index contributed by atoms with van der Waals surface area (Å²) < 4.78 is 0. The van der Waals surface area contributed by atoms with Crippen LogP contribution < -0.4 is 11.1 Å². The van der Waals surface area contributed by atoms with Gasteiger partial charge in [-0.1, -0.05) is 30.3 Å². The van der Waals surface area contributed by atoms with E-state index in [1.54, 1.807) is 6.92 Å². The molecule has 2 unspecified atom stereocenters. The molecule has 3 N–H and O–H groups in total. The Morgan fingerprint density at radius 3 is 2.60 bits per heavy atom. The van der Waals surface area contributed by atoms with Crippen LogP contribution in [0.5, 0.6) is 0 Å². The molecule has 0 saturated heterocycles. The van der Waals surface area contributed by atoms with Gasteiger partial charge in [-0.2, -0.15) is 0 Å². The lowest BCUT2D eigenvalue weighted by Gasteiger charge is -2.28. The number of hydrogen-bond donors (Lipinski definition) is 2. The van der Waals surface area contributed by atoms with Crippen molar-refractivity contribution in [1.82, 2.24) is 10.2 Å². The molecule has 0 heterocycles. The van der Waals surface area contributed by atoms with Gasteiger partial charge in [-0.15, -0.1) is 0 Å². The van der Waals surface area contributed by atoms with Gasteiger partial charge in [0.15, 0.2) is 0 Å². The van der Waals surface area contributed by atoms with Crippen molar-refractivity contribution in [2.45, 2.75) is 44.3 Å². The molecule has 0 aromatic heterocycles. The number of carbonyl (C=O) groups excluding carboxylic acids is 1. The maximum atomic E-state index is 12.3. The first-order chi connectivity index (χ1) is 9.43. The second kappa shape index (κ2) is 5.94. The summed E-state index contributed by atoms with van der Waals surface area (Å²) in [6.45, 7) is 4.52. The molecule has 0 aliphatic heterocycles. The normalized spacial score (nSPS) is 19.4. The Bertz CT molecular complexity index is 454. The minimum absolute atomic E-state index is 0.125. The van der Waals surface area contributed by atoms with Crippen LogP contribution in [-0.2, 0) is 10.3 Å². The van der Waals surface area contributed by atoms with Gasteiger partial charge in [0.05, 0.1) is 0 Å². The van der Waals surface area contributed by atoms with Crippen LogP contribution in [0.25, 0.3) is 0 Å². The van der Waals surface area contributed by atoms with Crippen molar-refractivity contribution in [3.8, 4) is 0 Å². The van der Waals surface area contributed by atoms with Crippen LogP contribution in [0, 0.1) is 0 Å². The van der Waals surface area contributed by atoms with Gasteiger partial charge in [-0.05, 0) is 39.3 Å². The minimum atomic E-state index is -0.987. The molecule has 2 atom stereocenters. The van der Waals surface area contributed by atoms with Gasteiger partial charge >= 0.3 is 0 Å². The number of nitrogens with two attached hydrogens (primary N) is 1. The minimum Gasteiger partial charge on any atom is -0.353 e. The van der Waals surface area contributed by atoms with Crippen molar-refractivity contribution in [2.75, 3.05) is 13.6 Å². The molecule has 1 fully saturated rings. The third-order valence-corrected chi connectivity index (χ3v) is 4.22. The molecule has 0 radical (unpaired) electrons. The number of nitrogens with one attached hydrogen (secondary N) is 1. The topological polar surface area (TPSA) is 58.4 Å². The van der Waals surface area contributed by atoms with Crippen molar-refractivity contribution in [3.05, 3.63) is 35.9 Å². The average Bonchev–Trinajstić information content (AvgIpc) is 3.29. The maximum Gasteiger partial charge on any atom is 0.244 e. The molecule has 4 heteroatoms. The third kappa shape index (κ3) is 3.38. The highest BCUT2D eigenvalue weighted by Gasteiger charge is 2.32. The lowest BCUT2D eigenvalue weighted by atomic mass is 9.92. The summed E-state index contributed by atoms with van der Waals surface area (Å²) in [5.74, 6) is -0.125. The number of nitrogens with zero attached hydrogens (tertiary/aromatic N) is 1. The Morgan fingerprint density at radius 1 is 1.45 bits per heavy atom.